The van der Waals surface area contributed by atoms with Crippen LogP contribution in [-0.4, -0.2) is 0 Å². The highest BCUT2D eigenvalue weighted by Crippen LogP contribution is 2.97. The van der Waals surface area contributed by atoms with Crippen LogP contribution < -0.4 is 0 Å². The molecular formula is C28H28. The van der Waals surface area contributed by atoms with Crippen molar-refractivity contribution in [2.45, 2.75) is 12.8 Å². The van der Waals surface area contributed by atoms with Gasteiger partial charge in [-0.15, -0.1) is 0 Å². The molecule has 16 atom stereocenters. The van der Waals surface area contributed by atoms with E-state index in [9.17, 15) is 0 Å². The SMILES string of the molecule is C1C2C3C4C1C1C2C2C5C6=C(C(C32)C4C51)C1C2C3C4CC5C3C1C1C6C2C4C51. The number of hydrogen-bond donors (Lipinski definition) is 0. The zero-order valence-electron chi connectivity index (χ0n) is 16.3. The van der Waals surface area contributed by atoms with Crippen LogP contribution in [-0.2, 0) is 0 Å². The molecule has 0 aliphatic heterocycles. The Morgan fingerprint density at radius 3 is 0.714 bits per heavy atom. The third kappa shape index (κ3) is 0.650. The lowest BCUT2D eigenvalue weighted by Crippen LogP contribution is -2.56. The summed E-state index contributed by atoms with van der Waals surface area (Å²) in [6.45, 7) is 0. The highest BCUT2D eigenvalue weighted by atomic mass is 15.0. The van der Waals surface area contributed by atoms with Gasteiger partial charge in [0.25, 0.3) is 0 Å². The summed E-state index contributed by atoms with van der Waals surface area (Å²) < 4.78 is 0. The Balaban J connectivity index is 1.14. The van der Waals surface area contributed by atoms with Crippen molar-refractivity contribution >= 4 is 0 Å². The van der Waals surface area contributed by atoms with E-state index in [2.05, 4.69) is 11.1 Å². The van der Waals surface area contributed by atoms with Gasteiger partial charge in [-0.2, -0.15) is 0 Å². The monoisotopic (exact) mass is 364 g/mol. The van der Waals surface area contributed by atoms with E-state index < -0.39 is 0 Å². The summed E-state index contributed by atoms with van der Waals surface area (Å²) >= 11 is 0. The first kappa shape index (κ1) is 12.0. The molecule has 12 saturated carbocycles. The van der Waals surface area contributed by atoms with Crippen LogP contribution in [0.4, 0.5) is 0 Å². The molecule has 12 fully saturated rings. The van der Waals surface area contributed by atoms with Gasteiger partial charge in [0.05, 0.1) is 0 Å². The van der Waals surface area contributed by atoms with E-state index in [4.69, 9.17) is 0 Å². The Labute approximate surface area is 166 Å². The largest absolute Gasteiger partial charge is 0.0630 e. The van der Waals surface area contributed by atoms with Crippen LogP contribution in [0.25, 0.3) is 0 Å². The van der Waals surface area contributed by atoms with Crippen molar-refractivity contribution in [3.63, 3.8) is 0 Å². The third-order valence-corrected chi connectivity index (χ3v) is 17.2. The van der Waals surface area contributed by atoms with Crippen LogP contribution in [0.1, 0.15) is 12.8 Å². The predicted octanol–water partition coefficient (Wildman–Crippen LogP) is 4.04. The van der Waals surface area contributed by atoms with Gasteiger partial charge < -0.3 is 0 Å². The van der Waals surface area contributed by atoms with Gasteiger partial charge in [-0.05, 0) is 155 Å². The van der Waals surface area contributed by atoms with Crippen LogP contribution in [0.5, 0.6) is 0 Å². The van der Waals surface area contributed by atoms with E-state index in [1.165, 1.54) is 142 Å². The van der Waals surface area contributed by atoms with E-state index >= 15 is 0 Å². The lowest BCUT2D eigenvalue weighted by atomic mass is 9.42. The minimum absolute atomic E-state index is 1.20. The topological polar surface area (TPSA) is 0 Å². The lowest BCUT2D eigenvalue weighted by Gasteiger charge is -2.62. The molecule has 16 aliphatic carbocycles. The van der Waals surface area contributed by atoms with Crippen LogP contribution in [0.3, 0.4) is 0 Å². The second-order valence-electron chi connectivity index (χ2n) is 15.4. The molecule has 16 unspecified atom stereocenters. The Morgan fingerprint density at radius 1 is 0.286 bits per heavy atom. The molecule has 0 heteroatoms. The summed E-state index contributed by atoms with van der Waals surface area (Å²) in [4.78, 5) is 0. The summed E-state index contributed by atoms with van der Waals surface area (Å²) in [7, 11) is 0. The zero-order valence-corrected chi connectivity index (χ0v) is 16.3. The average molecular weight is 365 g/mol. The summed E-state index contributed by atoms with van der Waals surface area (Å²) in [6.07, 6.45) is 3.46. The van der Waals surface area contributed by atoms with Gasteiger partial charge in [0.2, 0.25) is 0 Å². The fourth-order valence-corrected chi connectivity index (χ4v) is 19.3. The molecular weight excluding hydrogens is 336 g/mol. The van der Waals surface area contributed by atoms with Crippen molar-refractivity contribution in [3.05, 3.63) is 11.1 Å². The standard InChI is InChI=1S/C28H28/c1-3-7-9-4(1)10-8(3)16-15(7)23-17(9)18(10)24(16)28-26-20-12-5-2-6-13-11(5)19(20)25(27(23)28)21(13)22(26)14(6)12/h3-26H,1-2H2. The molecule has 0 saturated heterocycles. The Bertz CT molecular complexity index is 854. The fraction of sp³-hybridized carbons (Fsp3) is 0.929. The van der Waals surface area contributed by atoms with Crippen molar-refractivity contribution in [3.8, 4) is 0 Å². The molecule has 16 rings (SSSR count). The average Bonchev–Trinajstić information content (AvgIpc) is 3.50. The highest BCUT2D eigenvalue weighted by Gasteiger charge is 2.93. The summed E-state index contributed by atoms with van der Waals surface area (Å²) in [5.41, 5.74) is 4.68. The molecule has 0 aromatic carbocycles. The lowest BCUT2D eigenvalue weighted by molar-refractivity contribution is -0.00931. The smallest absolute Gasteiger partial charge is 0.0129 e. The first-order valence-corrected chi connectivity index (χ1v) is 13.7. The van der Waals surface area contributed by atoms with Crippen molar-refractivity contribution in [1.82, 2.24) is 0 Å². The van der Waals surface area contributed by atoms with Gasteiger partial charge >= 0.3 is 0 Å². The molecule has 16 aliphatic rings. The zero-order chi connectivity index (χ0) is 16.4. The van der Waals surface area contributed by atoms with Crippen LogP contribution >= 0.6 is 0 Å². The Morgan fingerprint density at radius 2 is 0.500 bits per heavy atom. The molecule has 0 aromatic rings. The molecule has 140 valence electrons. The molecule has 8 bridgehead atoms. The van der Waals surface area contributed by atoms with E-state index in [1.807, 2.05) is 0 Å². The first-order valence-electron chi connectivity index (χ1n) is 13.7. The molecule has 0 radical (unpaired) electrons. The first-order chi connectivity index (χ1) is 14.0. The normalized spacial score (nSPS) is 96.9. The van der Waals surface area contributed by atoms with Gasteiger partial charge in [0, 0.05) is 0 Å². The van der Waals surface area contributed by atoms with Crippen molar-refractivity contribution in [2.24, 2.45) is 142 Å². The summed E-state index contributed by atoms with van der Waals surface area (Å²) in [5.74, 6) is 30.2. The van der Waals surface area contributed by atoms with Gasteiger partial charge in [-0.3, -0.25) is 0 Å². The number of rotatable bonds is 0. The second kappa shape index (κ2) is 2.79. The fourth-order valence-electron chi connectivity index (χ4n) is 19.3. The van der Waals surface area contributed by atoms with Gasteiger partial charge in [-0.25, -0.2) is 0 Å². The minimum atomic E-state index is 1.20. The van der Waals surface area contributed by atoms with Crippen LogP contribution in [0.15, 0.2) is 11.1 Å². The second-order valence-corrected chi connectivity index (χ2v) is 15.4. The molecule has 0 aromatic heterocycles. The molecule has 0 spiro atoms. The maximum Gasteiger partial charge on any atom is -0.0129 e. The molecule has 0 heterocycles. The molecule has 0 N–H and O–H groups in total. The van der Waals surface area contributed by atoms with Crippen molar-refractivity contribution < 1.29 is 0 Å². The quantitative estimate of drug-likeness (QED) is 0.569. The maximum absolute atomic E-state index is 2.34. The van der Waals surface area contributed by atoms with E-state index in [0.717, 1.165) is 0 Å². The Kier molecular flexibility index (Phi) is 1.19. The van der Waals surface area contributed by atoms with E-state index in [1.54, 1.807) is 12.8 Å². The highest BCUT2D eigenvalue weighted by molar-refractivity contribution is 5.54. The van der Waals surface area contributed by atoms with Gasteiger partial charge in [-0.1, -0.05) is 11.1 Å². The third-order valence-electron chi connectivity index (χ3n) is 17.2. The van der Waals surface area contributed by atoms with E-state index in [-0.39, 0.29) is 0 Å². The Hall–Kier alpha value is -0.260. The summed E-state index contributed by atoms with van der Waals surface area (Å²) in [6, 6.07) is 0. The van der Waals surface area contributed by atoms with Gasteiger partial charge in [0.15, 0.2) is 0 Å². The minimum Gasteiger partial charge on any atom is -0.0630 e. The predicted molar refractivity (Wildman–Crippen MR) is 100 cm³/mol. The van der Waals surface area contributed by atoms with Crippen LogP contribution in [0, 0.1) is 142 Å². The molecule has 28 heavy (non-hydrogen) atoms. The van der Waals surface area contributed by atoms with E-state index in [0.29, 0.717) is 0 Å². The van der Waals surface area contributed by atoms with Gasteiger partial charge in [0.1, 0.15) is 0 Å². The number of allylic oxidation sites excluding steroid dienone is 2. The maximum atomic E-state index is 2.34. The molecule has 0 amide bonds. The van der Waals surface area contributed by atoms with Crippen molar-refractivity contribution in [1.29, 1.82) is 0 Å². The summed E-state index contributed by atoms with van der Waals surface area (Å²) in [5, 5.41) is 0. The number of hydrogen-bond acceptors (Lipinski definition) is 0. The molecule has 0 nitrogen and oxygen atoms in total. The van der Waals surface area contributed by atoms with Crippen LogP contribution in [0.2, 0.25) is 0 Å². The van der Waals surface area contributed by atoms with Crippen molar-refractivity contribution in [2.75, 3.05) is 0 Å².